The molecule has 8 nitrogen and oxygen atoms in total. The molecule has 0 saturated carbocycles. The maximum absolute atomic E-state index is 13.1. The molecule has 12 heteroatoms. The predicted molar refractivity (Wildman–Crippen MR) is 150 cm³/mol. The molecule has 0 radical (unpaired) electrons. The molecule has 0 bridgehead atoms. The first-order valence-electron chi connectivity index (χ1n) is 11.9. The molecular formula is C23H27B4N7O. The second kappa shape index (κ2) is 8.29. The molecule has 0 unspecified atom stereocenters. The number of nitrogens with zero attached hydrogens (tertiary/aromatic N) is 6. The molecule has 1 fully saturated rings. The van der Waals surface area contributed by atoms with Crippen molar-refractivity contribution in [1.29, 1.82) is 0 Å². The largest absolute Gasteiger partial charge is 0.377 e. The van der Waals surface area contributed by atoms with Crippen LogP contribution < -0.4 is 10.2 Å². The highest BCUT2D eigenvalue weighted by Crippen LogP contribution is 2.37. The van der Waals surface area contributed by atoms with Gasteiger partial charge in [0.1, 0.15) is 43.0 Å². The Bertz CT molecular complexity index is 1440. The molecule has 35 heavy (non-hydrogen) atoms. The number of aromatic nitrogens is 5. The lowest BCUT2D eigenvalue weighted by molar-refractivity contribution is 0.102. The minimum Gasteiger partial charge on any atom is -0.377 e. The lowest BCUT2D eigenvalue weighted by Crippen LogP contribution is -2.56. The van der Waals surface area contributed by atoms with E-state index in [1.807, 2.05) is 55.1 Å². The number of hydrogen-bond acceptors (Lipinski definition) is 6. The molecule has 1 aliphatic heterocycles. The van der Waals surface area contributed by atoms with Crippen molar-refractivity contribution in [2.75, 3.05) is 10.2 Å². The number of carbonyl (C=O) groups excluding carboxylic acids is 1. The van der Waals surface area contributed by atoms with Crippen LogP contribution in [0.5, 0.6) is 0 Å². The summed E-state index contributed by atoms with van der Waals surface area (Å²) in [6.07, 6.45) is 5.71. The van der Waals surface area contributed by atoms with E-state index in [1.165, 1.54) is 0 Å². The molecule has 0 aliphatic carbocycles. The van der Waals surface area contributed by atoms with Gasteiger partial charge in [-0.25, -0.2) is 9.97 Å². The molecule has 1 aromatic carbocycles. The summed E-state index contributed by atoms with van der Waals surface area (Å²) in [5.74, 6) is 1.92. The Kier molecular flexibility index (Phi) is 5.49. The van der Waals surface area contributed by atoms with Crippen LogP contribution in [0.15, 0.2) is 48.8 Å². The number of imidazole rings is 1. The predicted octanol–water partition coefficient (Wildman–Crippen LogP) is -0.574. The molecule has 1 amide bonds. The first-order valence-corrected chi connectivity index (χ1v) is 11.9. The van der Waals surface area contributed by atoms with Crippen LogP contribution in [0.2, 0.25) is 0 Å². The molecule has 5 rings (SSSR count). The number of nitrogens with one attached hydrogen (secondary N) is 1. The number of pyridine rings is 1. The molecule has 0 spiro atoms. The van der Waals surface area contributed by atoms with E-state index in [-0.39, 0.29) is 16.6 Å². The highest BCUT2D eigenvalue weighted by atomic mass is 16.1. The number of hydrogen-bond donors (Lipinski definition) is 1. The van der Waals surface area contributed by atoms with Crippen molar-refractivity contribution in [2.24, 2.45) is 7.05 Å². The van der Waals surface area contributed by atoms with E-state index in [4.69, 9.17) is 0 Å². The van der Waals surface area contributed by atoms with Gasteiger partial charge in [0, 0.05) is 29.8 Å². The zero-order valence-corrected chi connectivity index (χ0v) is 21.1. The summed E-state index contributed by atoms with van der Waals surface area (Å²) in [4.78, 5) is 24.5. The van der Waals surface area contributed by atoms with E-state index in [1.54, 1.807) is 12.3 Å². The van der Waals surface area contributed by atoms with Crippen molar-refractivity contribution in [3.63, 3.8) is 0 Å². The molecule has 4 aromatic rings. The molecule has 1 N–H and O–H groups in total. The topological polar surface area (TPSA) is 88.8 Å². The Morgan fingerprint density at radius 1 is 1.00 bits per heavy atom. The number of aryl methyl sites for hydroxylation is 1. The average molecular weight is 461 g/mol. The maximum Gasteiger partial charge on any atom is 0.257 e. The van der Waals surface area contributed by atoms with Gasteiger partial charge >= 0.3 is 0 Å². The summed E-state index contributed by atoms with van der Waals surface area (Å²) in [7, 11) is 10.9. The van der Waals surface area contributed by atoms with Gasteiger partial charge in [0.25, 0.3) is 5.91 Å². The van der Waals surface area contributed by atoms with Crippen LogP contribution in [0.4, 0.5) is 11.6 Å². The first-order chi connectivity index (χ1) is 16.5. The lowest BCUT2D eigenvalue weighted by Gasteiger charge is -2.43. The van der Waals surface area contributed by atoms with Gasteiger partial charge in [0.15, 0.2) is 5.82 Å². The van der Waals surface area contributed by atoms with Crippen LogP contribution in [-0.4, -0.2) is 72.7 Å². The van der Waals surface area contributed by atoms with Gasteiger partial charge in [-0.3, -0.25) is 4.79 Å². The lowest BCUT2D eigenvalue weighted by atomic mass is 9.58. The molecule has 4 heterocycles. The zero-order valence-electron chi connectivity index (χ0n) is 21.1. The van der Waals surface area contributed by atoms with Crippen molar-refractivity contribution >= 4 is 59.8 Å². The van der Waals surface area contributed by atoms with E-state index in [0.717, 1.165) is 46.6 Å². The Hall–Kier alpha value is -3.55. The van der Waals surface area contributed by atoms with Gasteiger partial charge in [0.2, 0.25) is 0 Å². The fraction of sp³-hybridized carbons (Fsp3) is 0.261. The van der Waals surface area contributed by atoms with Crippen molar-refractivity contribution in [3.05, 3.63) is 60.2 Å². The zero-order chi connectivity index (χ0) is 25.0. The van der Waals surface area contributed by atoms with Crippen LogP contribution in [-0.2, 0) is 7.05 Å². The smallest absolute Gasteiger partial charge is 0.257 e. The number of rotatable bonds is 4. The SMILES string of the molecule is BC1(B)CCC(B)(B)N1c1cc(C(=O)Nc2cc3cc(-c4cnc(C)n4C)ccc3nn2)ccn1. The number of fused-ring (bicyclic) bond motifs is 1. The number of carbonyl (C=O) groups is 1. The summed E-state index contributed by atoms with van der Waals surface area (Å²) >= 11 is 0. The minimum absolute atomic E-state index is 0.0282. The quantitative estimate of drug-likeness (QED) is 0.410. The number of benzene rings is 1. The number of amides is 1. The second-order valence-electron chi connectivity index (χ2n) is 10.6. The average Bonchev–Trinajstić information content (AvgIpc) is 3.26. The fourth-order valence-electron chi connectivity index (χ4n) is 5.18. The number of anilines is 2. The van der Waals surface area contributed by atoms with Gasteiger partial charge in [-0.2, -0.15) is 0 Å². The van der Waals surface area contributed by atoms with Crippen molar-refractivity contribution in [2.45, 2.75) is 30.4 Å². The summed E-state index contributed by atoms with van der Waals surface area (Å²) in [6, 6.07) is 11.4. The fourth-order valence-corrected chi connectivity index (χ4v) is 5.18. The van der Waals surface area contributed by atoms with Gasteiger partial charge in [0.05, 0.1) is 17.4 Å². The Labute approximate surface area is 208 Å². The Morgan fingerprint density at radius 3 is 2.43 bits per heavy atom. The normalized spacial score (nSPS) is 16.5. The van der Waals surface area contributed by atoms with Crippen molar-refractivity contribution in [3.8, 4) is 11.3 Å². The van der Waals surface area contributed by atoms with Crippen LogP contribution >= 0.6 is 0 Å². The molecular weight excluding hydrogens is 434 g/mol. The van der Waals surface area contributed by atoms with Crippen molar-refractivity contribution in [1.82, 2.24) is 24.7 Å². The molecule has 3 aromatic heterocycles. The van der Waals surface area contributed by atoms with E-state index < -0.39 is 0 Å². The van der Waals surface area contributed by atoms with Gasteiger partial charge in [-0.05, 0) is 60.8 Å². The first kappa shape index (κ1) is 23.2. The highest BCUT2D eigenvalue weighted by Gasteiger charge is 2.44. The Balaban J connectivity index is 1.42. The molecule has 1 saturated heterocycles. The third-order valence-corrected chi connectivity index (χ3v) is 7.14. The maximum atomic E-state index is 13.1. The second-order valence-corrected chi connectivity index (χ2v) is 10.6. The third-order valence-electron chi connectivity index (χ3n) is 7.14. The molecule has 1 aliphatic rings. The Morgan fingerprint density at radius 2 is 1.74 bits per heavy atom. The van der Waals surface area contributed by atoms with Gasteiger partial charge < -0.3 is 14.8 Å². The van der Waals surface area contributed by atoms with Gasteiger partial charge in [-0.1, -0.05) is 6.07 Å². The monoisotopic (exact) mass is 461 g/mol. The van der Waals surface area contributed by atoms with Crippen LogP contribution in [0.3, 0.4) is 0 Å². The summed E-state index contributed by atoms with van der Waals surface area (Å²) in [5, 5.41) is 12.3. The van der Waals surface area contributed by atoms with E-state index >= 15 is 0 Å². The third kappa shape index (κ3) is 4.22. The van der Waals surface area contributed by atoms with Gasteiger partial charge in [-0.15, -0.1) is 10.2 Å². The van der Waals surface area contributed by atoms with Crippen molar-refractivity contribution < 1.29 is 4.79 Å². The molecule has 0 atom stereocenters. The highest BCUT2D eigenvalue weighted by molar-refractivity contribution is 6.48. The van der Waals surface area contributed by atoms with Crippen LogP contribution in [0, 0.1) is 6.92 Å². The standard InChI is InChI=1S/C23H27B4N7O/c1-13-29-12-18(33(13)2)14-3-4-17-16(9-14)10-19(32-31-17)30-21(35)15-5-8-28-20(11-15)34-22(24,25)6-7-23(34,26)27/h3-5,8-12H,6-7,24-27H2,1-2H3,(H,30,32,35). The van der Waals surface area contributed by atoms with E-state index in [2.05, 4.69) is 61.8 Å². The van der Waals surface area contributed by atoms with E-state index in [0.29, 0.717) is 11.4 Å². The van der Waals surface area contributed by atoms with Crippen LogP contribution in [0.25, 0.3) is 22.2 Å². The minimum atomic E-state index is -0.240. The summed E-state index contributed by atoms with van der Waals surface area (Å²) in [6.45, 7) is 1.97. The van der Waals surface area contributed by atoms with E-state index in [9.17, 15) is 4.79 Å². The summed E-state index contributed by atoms with van der Waals surface area (Å²) in [5.41, 5.74) is 3.34. The summed E-state index contributed by atoms with van der Waals surface area (Å²) < 4.78 is 2.04. The molecule has 172 valence electrons. The van der Waals surface area contributed by atoms with Crippen LogP contribution in [0.1, 0.15) is 29.0 Å².